The average Bonchev–Trinajstić information content (AvgIpc) is 2.80. The van der Waals surface area contributed by atoms with Gasteiger partial charge >= 0.3 is 6.09 Å². The molecular weight excluding hydrogens is 509 g/mol. The topological polar surface area (TPSA) is 81.7 Å². The first-order valence-corrected chi connectivity index (χ1v) is 14.6. The van der Waals surface area contributed by atoms with Crippen LogP contribution < -0.4 is 10.1 Å². The highest BCUT2D eigenvalue weighted by Crippen LogP contribution is 2.38. The van der Waals surface area contributed by atoms with Crippen molar-refractivity contribution in [2.24, 2.45) is 0 Å². The SMILES string of the molecule is CCCS(=O)(=O)CCCOc1ccc2c(c1)C(Cc1ccc(Cl)cc1Cl)C(NC(=O)OCC)CC2. The van der Waals surface area contributed by atoms with E-state index in [2.05, 4.69) is 11.4 Å². The van der Waals surface area contributed by atoms with Crippen molar-refractivity contribution < 1.29 is 22.7 Å². The number of sulfone groups is 1. The number of nitrogens with one attached hydrogen (secondary N) is 1. The van der Waals surface area contributed by atoms with Gasteiger partial charge in [0.2, 0.25) is 0 Å². The Morgan fingerprint density at radius 2 is 1.91 bits per heavy atom. The van der Waals surface area contributed by atoms with Crippen LogP contribution in [0.1, 0.15) is 55.7 Å². The number of fused-ring (bicyclic) bond motifs is 1. The summed E-state index contributed by atoms with van der Waals surface area (Å²) in [6.07, 6.45) is 2.82. The molecule has 2 unspecified atom stereocenters. The number of ether oxygens (including phenoxy) is 2. The van der Waals surface area contributed by atoms with Crippen LogP contribution >= 0.6 is 23.2 Å². The van der Waals surface area contributed by atoms with Crippen molar-refractivity contribution in [1.29, 1.82) is 0 Å². The highest BCUT2D eigenvalue weighted by Gasteiger charge is 2.32. The molecule has 0 spiro atoms. The van der Waals surface area contributed by atoms with Crippen LogP contribution in [0.2, 0.25) is 10.0 Å². The molecule has 0 saturated carbocycles. The molecule has 0 bridgehead atoms. The molecule has 0 saturated heterocycles. The highest BCUT2D eigenvalue weighted by molar-refractivity contribution is 7.91. The lowest BCUT2D eigenvalue weighted by Crippen LogP contribution is -2.43. The van der Waals surface area contributed by atoms with Crippen LogP contribution in [0.3, 0.4) is 0 Å². The Bertz CT molecular complexity index is 1120. The fraction of sp³-hybridized carbons (Fsp3) is 0.500. The number of benzene rings is 2. The molecule has 0 aromatic heterocycles. The van der Waals surface area contributed by atoms with E-state index in [0.717, 1.165) is 24.0 Å². The predicted octanol–water partition coefficient (Wildman–Crippen LogP) is 5.97. The zero-order valence-electron chi connectivity index (χ0n) is 20.2. The summed E-state index contributed by atoms with van der Waals surface area (Å²) in [7, 11) is -3.03. The minimum atomic E-state index is -3.03. The van der Waals surface area contributed by atoms with E-state index in [1.54, 1.807) is 13.0 Å². The van der Waals surface area contributed by atoms with Crippen molar-refractivity contribution in [3.63, 3.8) is 0 Å². The molecule has 0 radical (unpaired) electrons. The number of amides is 1. The summed E-state index contributed by atoms with van der Waals surface area (Å²) < 4.78 is 35.0. The molecule has 6 nitrogen and oxygen atoms in total. The van der Waals surface area contributed by atoms with Gasteiger partial charge in [-0.3, -0.25) is 0 Å². The smallest absolute Gasteiger partial charge is 0.407 e. The third-order valence-electron chi connectivity index (χ3n) is 6.14. The predicted molar refractivity (Wildman–Crippen MR) is 141 cm³/mol. The van der Waals surface area contributed by atoms with E-state index < -0.39 is 15.9 Å². The van der Waals surface area contributed by atoms with E-state index in [9.17, 15) is 13.2 Å². The molecule has 1 amide bonds. The van der Waals surface area contributed by atoms with Crippen molar-refractivity contribution in [2.45, 2.75) is 57.9 Å². The molecule has 1 N–H and O–H groups in total. The normalized spacial score (nSPS) is 17.5. The van der Waals surface area contributed by atoms with Crippen molar-refractivity contribution in [2.75, 3.05) is 24.7 Å². The number of rotatable bonds is 11. The summed E-state index contributed by atoms with van der Waals surface area (Å²) in [5, 5.41) is 4.18. The van der Waals surface area contributed by atoms with E-state index >= 15 is 0 Å². The molecule has 0 aliphatic heterocycles. The Hall–Kier alpha value is -1.96. The number of halogens is 2. The number of carbonyl (C=O) groups is 1. The lowest BCUT2D eigenvalue weighted by Gasteiger charge is -2.34. The van der Waals surface area contributed by atoms with E-state index in [4.69, 9.17) is 32.7 Å². The molecular formula is C26H33Cl2NO5S. The summed E-state index contributed by atoms with van der Waals surface area (Å²) in [6, 6.07) is 11.3. The van der Waals surface area contributed by atoms with Gasteiger partial charge < -0.3 is 14.8 Å². The van der Waals surface area contributed by atoms with Gasteiger partial charge in [-0.1, -0.05) is 42.3 Å². The van der Waals surface area contributed by atoms with Gasteiger partial charge in [0.1, 0.15) is 15.6 Å². The monoisotopic (exact) mass is 541 g/mol. The zero-order chi connectivity index (χ0) is 25.4. The Morgan fingerprint density at radius 3 is 2.63 bits per heavy atom. The maximum atomic E-state index is 12.3. The van der Waals surface area contributed by atoms with Gasteiger partial charge in [-0.25, -0.2) is 13.2 Å². The molecule has 2 atom stereocenters. The lowest BCUT2D eigenvalue weighted by molar-refractivity contribution is 0.144. The minimum absolute atomic E-state index is 0.0460. The fourth-order valence-electron chi connectivity index (χ4n) is 4.52. The fourth-order valence-corrected chi connectivity index (χ4v) is 6.39. The molecule has 1 aliphatic rings. The van der Waals surface area contributed by atoms with Crippen LogP contribution in [-0.4, -0.2) is 45.3 Å². The minimum Gasteiger partial charge on any atom is -0.494 e. The first-order valence-electron chi connectivity index (χ1n) is 12.1. The molecule has 1 aliphatic carbocycles. The molecule has 35 heavy (non-hydrogen) atoms. The summed E-state index contributed by atoms with van der Waals surface area (Å²) >= 11 is 12.6. The Kier molecular flexibility index (Phi) is 10.1. The molecule has 0 heterocycles. The summed E-state index contributed by atoms with van der Waals surface area (Å²) in [4.78, 5) is 12.3. The lowest BCUT2D eigenvalue weighted by atomic mass is 9.76. The molecule has 2 aromatic rings. The second kappa shape index (κ2) is 12.8. The summed E-state index contributed by atoms with van der Waals surface area (Å²) in [6.45, 7) is 4.26. The van der Waals surface area contributed by atoms with Crippen molar-refractivity contribution in [3.8, 4) is 5.75 Å². The number of hydrogen-bond acceptors (Lipinski definition) is 5. The van der Waals surface area contributed by atoms with E-state index in [1.807, 2.05) is 31.2 Å². The summed E-state index contributed by atoms with van der Waals surface area (Å²) in [5.41, 5.74) is 3.22. The second-order valence-electron chi connectivity index (χ2n) is 8.77. The largest absolute Gasteiger partial charge is 0.494 e. The van der Waals surface area contributed by atoms with Crippen LogP contribution in [0.15, 0.2) is 36.4 Å². The van der Waals surface area contributed by atoms with E-state index in [0.29, 0.717) is 48.3 Å². The van der Waals surface area contributed by atoms with Gasteiger partial charge in [-0.2, -0.15) is 0 Å². The van der Waals surface area contributed by atoms with Crippen molar-refractivity contribution >= 4 is 39.1 Å². The number of hydrogen-bond donors (Lipinski definition) is 1. The van der Waals surface area contributed by atoms with Gasteiger partial charge in [-0.05, 0) is 80.0 Å². The Labute approximate surface area is 218 Å². The highest BCUT2D eigenvalue weighted by atomic mass is 35.5. The molecule has 192 valence electrons. The zero-order valence-corrected chi connectivity index (χ0v) is 22.5. The number of aryl methyl sites for hydroxylation is 1. The van der Waals surface area contributed by atoms with Gasteiger partial charge in [-0.15, -0.1) is 0 Å². The Morgan fingerprint density at radius 1 is 1.11 bits per heavy atom. The third-order valence-corrected chi connectivity index (χ3v) is 8.67. The molecule has 9 heteroatoms. The average molecular weight is 543 g/mol. The van der Waals surface area contributed by atoms with E-state index in [1.165, 1.54) is 5.56 Å². The molecule has 0 fully saturated rings. The number of carbonyl (C=O) groups excluding carboxylic acids is 1. The quantitative estimate of drug-likeness (QED) is 0.354. The van der Waals surface area contributed by atoms with Crippen LogP contribution in [0.25, 0.3) is 0 Å². The second-order valence-corrected chi connectivity index (χ2v) is 11.9. The standard InChI is InChI=1S/C26H33Cl2NO5S/c1-3-13-35(31,32)14-5-12-34-21-10-7-18-8-11-25(29-26(30)33-4-2)23(22(18)17-21)15-19-6-9-20(27)16-24(19)28/h6-7,9-10,16-17,23,25H,3-5,8,11-15H2,1-2H3,(H,29,30). The van der Waals surface area contributed by atoms with Crippen LogP contribution in [-0.2, 0) is 27.4 Å². The van der Waals surface area contributed by atoms with Crippen molar-refractivity contribution in [3.05, 3.63) is 63.1 Å². The first kappa shape index (κ1) is 27.6. The van der Waals surface area contributed by atoms with Crippen LogP contribution in [0.5, 0.6) is 5.75 Å². The Balaban J connectivity index is 1.80. The number of alkyl carbamates (subject to hydrolysis) is 1. The first-order chi connectivity index (χ1) is 16.7. The molecule has 2 aromatic carbocycles. The maximum Gasteiger partial charge on any atom is 0.407 e. The summed E-state index contributed by atoms with van der Waals surface area (Å²) in [5.74, 6) is 0.959. The van der Waals surface area contributed by atoms with Crippen LogP contribution in [0.4, 0.5) is 4.79 Å². The van der Waals surface area contributed by atoms with Crippen LogP contribution in [0, 0.1) is 0 Å². The van der Waals surface area contributed by atoms with Crippen molar-refractivity contribution in [1.82, 2.24) is 5.32 Å². The van der Waals surface area contributed by atoms with Gasteiger partial charge in [0.15, 0.2) is 0 Å². The third kappa shape index (κ3) is 8.02. The van der Waals surface area contributed by atoms with E-state index in [-0.39, 0.29) is 23.5 Å². The molecule has 3 rings (SSSR count). The van der Waals surface area contributed by atoms with Gasteiger partial charge in [0, 0.05) is 27.8 Å². The van der Waals surface area contributed by atoms with Gasteiger partial charge in [0.25, 0.3) is 0 Å². The van der Waals surface area contributed by atoms with Gasteiger partial charge in [0.05, 0.1) is 19.0 Å². The maximum absolute atomic E-state index is 12.3.